The van der Waals surface area contributed by atoms with Crippen molar-refractivity contribution in [2.24, 2.45) is 11.8 Å². The zero-order valence-corrected chi connectivity index (χ0v) is 23.1. The van der Waals surface area contributed by atoms with Crippen molar-refractivity contribution in [1.29, 1.82) is 0 Å². The van der Waals surface area contributed by atoms with Crippen LogP contribution in [0, 0.1) is 29.5 Å². The second kappa shape index (κ2) is 14.4. The third-order valence-corrected chi connectivity index (χ3v) is 8.41. The number of unbranched alkanes of at least 4 members (excludes halogenated alkanes) is 4. The number of fused-ring (bicyclic) bond motifs is 1. The predicted molar refractivity (Wildman–Crippen MR) is 157 cm³/mol. The third-order valence-electron chi connectivity index (χ3n) is 8.41. The van der Waals surface area contributed by atoms with Gasteiger partial charge in [0, 0.05) is 16.5 Å². The van der Waals surface area contributed by atoms with Gasteiger partial charge in [-0.1, -0.05) is 120 Å². The van der Waals surface area contributed by atoms with E-state index in [1.54, 1.807) is 0 Å². The smallest absolute Gasteiger partial charge is 0.134 e. The Morgan fingerprint density at radius 3 is 2.08 bits per heavy atom. The van der Waals surface area contributed by atoms with Gasteiger partial charge >= 0.3 is 0 Å². The van der Waals surface area contributed by atoms with Crippen LogP contribution in [0.1, 0.15) is 113 Å². The number of halogens is 1. The molecular formula is C36H45F. The summed E-state index contributed by atoms with van der Waals surface area (Å²) in [6.45, 7) is 4.51. The lowest BCUT2D eigenvalue weighted by Crippen LogP contribution is -2.15. The molecule has 1 saturated carbocycles. The summed E-state index contributed by atoms with van der Waals surface area (Å²) in [5, 5.41) is 1.63. The van der Waals surface area contributed by atoms with Crippen LogP contribution in [0.2, 0.25) is 0 Å². The lowest BCUT2D eigenvalue weighted by atomic mass is 9.78. The molecule has 0 radical (unpaired) electrons. The van der Waals surface area contributed by atoms with Crippen molar-refractivity contribution in [1.82, 2.24) is 0 Å². The first-order chi connectivity index (χ1) is 18.2. The van der Waals surface area contributed by atoms with Gasteiger partial charge in [0.2, 0.25) is 0 Å². The summed E-state index contributed by atoms with van der Waals surface area (Å²) in [5.74, 6) is 8.43. The highest BCUT2D eigenvalue weighted by molar-refractivity contribution is 5.85. The molecule has 1 aliphatic carbocycles. The molecule has 0 bridgehead atoms. The molecule has 0 amide bonds. The zero-order chi connectivity index (χ0) is 25.9. The fourth-order valence-corrected chi connectivity index (χ4v) is 5.92. The molecule has 0 atom stereocenters. The second-order valence-electron chi connectivity index (χ2n) is 11.3. The predicted octanol–water partition coefficient (Wildman–Crippen LogP) is 10.4. The standard InChI is InChI=1S/C36H45F/c1-3-5-7-8-10-33-24-25-34-27-32(23-26-35(34)36(33)37)22-21-31-19-17-30(18-20-31)16-15-29-13-11-28(12-14-29)9-6-4-2/h17-20,23-29H,3-16H2,1-2H3. The van der Waals surface area contributed by atoms with E-state index >= 15 is 4.39 Å². The van der Waals surface area contributed by atoms with Crippen LogP contribution >= 0.6 is 0 Å². The van der Waals surface area contributed by atoms with E-state index in [2.05, 4.69) is 50.0 Å². The van der Waals surface area contributed by atoms with Crippen LogP contribution in [0.3, 0.4) is 0 Å². The molecule has 3 aromatic rings. The summed E-state index contributed by atoms with van der Waals surface area (Å²) in [5.41, 5.74) is 4.22. The van der Waals surface area contributed by atoms with Crippen LogP contribution < -0.4 is 0 Å². The Morgan fingerprint density at radius 2 is 1.35 bits per heavy atom. The van der Waals surface area contributed by atoms with Crippen molar-refractivity contribution < 1.29 is 4.39 Å². The van der Waals surface area contributed by atoms with Gasteiger partial charge in [-0.2, -0.15) is 0 Å². The Balaban J connectivity index is 1.29. The van der Waals surface area contributed by atoms with Crippen molar-refractivity contribution >= 4 is 10.8 Å². The maximum Gasteiger partial charge on any atom is 0.134 e. The normalized spacial score (nSPS) is 17.5. The minimum absolute atomic E-state index is 0.0615. The Labute approximate surface area is 225 Å². The summed E-state index contributed by atoms with van der Waals surface area (Å²) in [6, 6.07) is 18.6. The number of benzene rings is 3. The maximum absolute atomic E-state index is 15.0. The average molecular weight is 497 g/mol. The van der Waals surface area contributed by atoms with Crippen molar-refractivity contribution in [3.8, 4) is 11.8 Å². The maximum atomic E-state index is 15.0. The quantitative estimate of drug-likeness (QED) is 0.183. The van der Waals surface area contributed by atoms with Crippen LogP contribution in [-0.2, 0) is 12.8 Å². The fourth-order valence-electron chi connectivity index (χ4n) is 5.92. The van der Waals surface area contributed by atoms with Crippen molar-refractivity contribution in [2.45, 2.75) is 104 Å². The molecule has 1 heteroatoms. The average Bonchev–Trinajstić information content (AvgIpc) is 2.94. The first-order valence-electron chi connectivity index (χ1n) is 15.0. The molecule has 0 saturated heterocycles. The van der Waals surface area contributed by atoms with Crippen LogP contribution in [-0.4, -0.2) is 0 Å². The summed E-state index contributed by atoms with van der Waals surface area (Å²) in [4.78, 5) is 0. The van der Waals surface area contributed by atoms with Crippen LogP contribution in [0.5, 0.6) is 0 Å². The van der Waals surface area contributed by atoms with Gasteiger partial charge in [-0.25, -0.2) is 4.39 Å². The summed E-state index contributed by atoms with van der Waals surface area (Å²) >= 11 is 0. The van der Waals surface area contributed by atoms with Crippen molar-refractivity contribution in [2.75, 3.05) is 0 Å². The van der Waals surface area contributed by atoms with Gasteiger partial charge in [-0.15, -0.1) is 0 Å². The molecule has 0 heterocycles. The van der Waals surface area contributed by atoms with Crippen LogP contribution in [0.25, 0.3) is 10.8 Å². The van der Waals surface area contributed by atoms with E-state index in [1.807, 2.05) is 30.3 Å². The van der Waals surface area contributed by atoms with Crippen LogP contribution in [0.15, 0.2) is 54.6 Å². The number of rotatable bonds is 11. The minimum Gasteiger partial charge on any atom is -0.206 e. The highest BCUT2D eigenvalue weighted by Gasteiger charge is 2.20. The second-order valence-corrected chi connectivity index (χ2v) is 11.3. The lowest BCUT2D eigenvalue weighted by molar-refractivity contribution is 0.250. The van der Waals surface area contributed by atoms with Gasteiger partial charge in [-0.3, -0.25) is 0 Å². The molecule has 1 fully saturated rings. The largest absolute Gasteiger partial charge is 0.206 e. The Morgan fingerprint density at radius 1 is 0.676 bits per heavy atom. The number of hydrogen-bond donors (Lipinski definition) is 0. The summed E-state index contributed by atoms with van der Waals surface area (Å²) in [6.07, 6.45) is 17.9. The first-order valence-corrected chi connectivity index (χ1v) is 15.0. The van der Waals surface area contributed by atoms with E-state index in [1.165, 1.54) is 82.6 Å². The van der Waals surface area contributed by atoms with E-state index < -0.39 is 0 Å². The molecule has 0 nitrogen and oxygen atoms in total. The molecule has 37 heavy (non-hydrogen) atoms. The molecule has 0 aromatic heterocycles. The molecular weight excluding hydrogens is 451 g/mol. The Hall–Kier alpha value is -2.59. The molecule has 4 rings (SSSR count). The van der Waals surface area contributed by atoms with Gasteiger partial charge in [0.1, 0.15) is 5.82 Å². The SMILES string of the molecule is CCCCCCc1ccc2cc(C#Cc3ccc(CCC4CCC(CCCC)CC4)cc3)ccc2c1F. The van der Waals surface area contributed by atoms with E-state index in [0.717, 1.165) is 46.8 Å². The fraction of sp³-hybridized carbons (Fsp3) is 0.500. The lowest BCUT2D eigenvalue weighted by Gasteiger charge is -2.28. The molecule has 0 unspecified atom stereocenters. The van der Waals surface area contributed by atoms with E-state index in [0.29, 0.717) is 5.39 Å². The Kier molecular flexibility index (Phi) is 10.7. The van der Waals surface area contributed by atoms with E-state index in [-0.39, 0.29) is 5.82 Å². The highest BCUT2D eigenvalue weighted by atomic mass is 19.1. The molecule has 0 N–H and O–H groups in total. The van der Waals surface area contributed by atoms with E-state index in [4.69, 9.17) is 0 Å². The number of hydrogen-bond acceptors (Lipinski definition) is 0. The van der Waals surface area contributed by atoms with Crippen molar-refractivity contribution in [3.05, 3.63) is 82.7 Å². The third kappa shape index (κ3) is 8.20. The topological polar surface area (TPSA) is 0 Å². The van der Waals surface area contributed by atoms with Gasteiger partial charge in [0.05, 0.1) is 0 Å². The monoisotopic (exact) mass is 496 g/mol. The highest BCUT2D eigenvalue weighted by Crippen LogP contribution is 2.34. The molecule has 1 aliphatic rings. The van der Waals surface area contributed by atoms with Gasteiger partial charge < -0.3 is 0 Å². The van der Waals surface area contributed by atoms with Gasteiger partial charge in [0.25, 0.3) is 0 Å². The first kappa shape index (κ1) is 27.4. The van der Waals surface area contributed by atoms with E-state index in [9.17, 15) is 0 Å². The van der Waals surface area contributed by atoms with Crippen molar-refractivity contribution in [3.63, 3.8) is 0 Å². The Bertz CT molecular complexity index is 1170. The molecule has 196 valence electrons. The molecule has 0 aliphatic heterocycles. The number of aryl methyl sites for hydroxylation is 2. The van der Waals surface area contributed by atoms with Gasteiger partial charge in [0.15, 0.2) is 0 Å². The molecule has 0 spiro atoms. The van der Waals surface area contributed by atoms with Gasteiger partial charge in [-0.05, 0) is 78.3 Å². The van der Waals surface area contributed by atoms with Crippen LogP contribution in [0.4, 0.5) is 4.39 Å². The molecule has 3 aromatic carbocycles. The summed E-state index contributed by atoms with van der Waals surface area (Å²) in [7, 11) is 0. The minimum atomic E-state index is -0.0615. The summed E-state index contributed by atoms with van der Waals surface area (Å²) < 4.78 is 15.0. The zero-order valence-electron chi connectivity index (χ0n) is 23.1.